The molecule has 1 aliphatic heterocycles. The largest absolute Gasteiger partial charge is 0.467 e. The third-order valence-electron chi connectivity index (χ3n) is 3.70. The van der Waals surface area contributed by atoms with Crippen LogP contribution in [-0.4, -0.2) is 22.4 Å². The Morgan fingerprint density at radius 3 is 2.19 bits per heavy atom. The highest BCUT2D eigenvalue weighted by Crippen LogP contribution is 2.20. The maximum atomic E-state index is 12.7. The van der Waals surface area contributed by atoms with E-state index in [9.17, 15) is 14.4 Å². The molecule has 0 radical (unpaired) electrons. The van der Waals surface area contributed by atoms with E-state index in [1.807, 2.05) is 0 Å². The molecule has 0 bridgehead atoms. The van der Waals surface area contributed by atoms with Crippen LogP contribution in [0.4, 0.5) is 0 Å². The second-order valence-corrected chi connectivity index (χ2v) is 4.94. The number of allylic oxidation sites excluding steroid dienone is 1. The zero-order valence-corrected chi connectivity index (χ0v) is 11.6. The standard InChI is InChI=1S/C15H14N2O4/c1-9-7-8-12(15(20)21-2)17-14(19)11-6-4-3-5-10(11)13(18)16(9)17/h3-9,12H,1-2H3/t9-,12-/m1/s1. The topological polar surface area (TPSA) is 70.3 Å². The van der Waals surface area contributed by atoms with Crippen molar-refractivity contribution in [2.24, 2.45) is 0 Å². The van der Waals surface area contributed by atoms with Crippen molar-refractivity contribution >= 4 is 16.7 Å². The lowest BCUT2D eigenvalue weighted by Gasteiger charge is -2.27. The van der Waals surface area contributed by atoms with E-state index >= 15 is 0 Å². The summed E-state index contributed by atoms with van der Waals surface area (Å²) >= 11 is 0. The molecule has 0 spiro atoms. The zero-order chi connectivity index (χ0) is 15.1. The van der Waals surface area contributed by atoms with Gasteiger partial charge < -0.3 is 4.74 Å². The van der Waals surface area contributed by atoms with E-state index in [4.69, 9.17) is 4.74 Å². The molecule has 6 nitrogen and oxygen atoms in total. The summed E-state index contributed by atoms with van der Waals surface area (Å²) in [7, 11) is 1.25. The Hall–Kier alpha value is -2.63. The molecular formula is C15H14N2O4. The number of hydrogen-bond acceptors (Lipinski definition) is 4. The van der Waals surface area contributed by atoms with Crippen molar-refractivity contribution in [1.29, 1.82) is 0 Å². The summed E-state index contributed by atoms with van der Waals surface area (Å²) in [6.45, 7) is 1.79. The van der Waals surface area contributed by atoms with Crippen molar-refractivity contribution in [3.8, 4) is 0 Å². The number of nitrogens with zero attached hydrogens (tertiary/aromatic N) is 2. The van der Waals surface area contributed by atoms with E-state index < -0.39 is 12.0 Å². The van der Waals surface area contributed by atoms with Gasteiger partial charge in [0.1, 0.15) is 0 Å². The number of ether oxygens (including phenoxy) is 1. The van der Waals surface area contributed by atoms with E-state index in [1.54, 1.807) is 43.3 Å². The molecular weight excluding hydrogens is 272 g/mol. The zero-order valence-electron chi connectivity index (χ0n) is 11.6. The Morgan fingerprint density at radius 1 is 1.05 bits per heavy atom. The van der Waals surface area contributed by atoms with Crippen LogP contribution in [0.2, 0.25) is 0 Å². The molecule has 3 rings (SSSR count). The van der Waals surface area contributed by atoms with Crippen molar-refractivity contribution < 1.29 is 9.53 Å². The van der Waals surface area contributed by atoms with E-state index in [1.165, 1.54) is 16.5 Å². The first kappa shape index (κ1) is 13.4. The molecule has 2 atom stereocenters. The minimum absolute atomic E-state index is 0.295. The van der Waals surface area contributed by atoms with Gasteiger partial charge in [0.2, 0.25) is 0 Å². The summed E-state index contributed by atoms with van der Waals surface area (Å²) in [4.78, 5) is 37.2. The summed E-state index contributed by atoms with van der Waals surface area (Å²) in [6, 6.07) is 5.37. The smallest absolute Gasteiger partial charge is 0.334 e. The Kier molecular flexibility index (Phi) is 3.01. The Morgan fingerprint density at radius 2 is 1.62 bits per heavy atom. The van der Waals surface area contributed by atoms with Gasteiger partial charge in [0.15, 0.2) is 6.04 Å². The number of methoxy groups -OCH3 is 1. The quantitative estimate of drug-likeness (QED) is 0.579. The first-order chi connectivity index (χ1) is 10.1. The van der Waals surface area contributed by atoms with Gasteiger partial charge in [-0.3, -0.25) is 9.59 Å². The monoisotopic (exact) mass is 286 g/mol. The molecule has 0 unspecified atom stereocenters. The van der Waals surface area contributed by atoms with Crippen molar-refractivity contribution in [2.75, 3.05) is 7.11 Å². The molecule has 2 aromatic rings. The number of fused-ring (bicyclic) bond motifs is 2. The molecule has 21 heavy (non-hydrogen) atoms. The fourth-order valence-electron chi connectivity index (χ4n) is 2.67. The van der Waals surface area contributed by atoms with E-state index in [2.05, 4.69) is 0 Å². The van der Waals surface area contributed by atoms with E-state index in [0.717, 1.165) is 0 Å². The summed E-state index contributed by atoms with van der Waals surface area (Å²) in [5, 5.41) is 0.652. The fraction of sp³-hybridized carbons (Fsp3) is 0.267. The van der Waals surface area contributed by atoms with E-state index in [-0.39, 0.29) is 17.2 Å². The number of benzene rings is 1. The van der Waals surface area contributed by atoms with E-state index in [0.29, 0.717) is 10.8 Å². The molecule has 0 N–H and O–H groups in total. The van der Waals surface area contributed by atoms with Crippen LogP contribution in [0.25, 0.3) is 10.8 Å². The van der Waals surface area contributed by atoms with Gasteiger partial charge in [-0.15, -0.1) is 0 Å². The normalized spacial score (nSPS) is 20.3. The lowest BCUT2D eigenvalue weighted by atomic mass is 10.1. The highest BCUT2D eigenvalue weighted by molar-refractivity contribution is 5.82. The molecule has 0 saturated carbocycles. The van der Waals surface area contributed by atoms with Gasteiger partial charge in [0, 0.05) is 0 Å². The number of aromatic nitrogens is 2. The van der Waals surface area contributed by atoms with Gasteiger partial charge in [0.05, 0.1) is 23.9 Å². The highest BCUT2D eigenvalue weighted by Gasteiger charge is 2.29. The molecule has 0 amide bonds. The van der Waals surface area contributed by atoms with Gasteiger partial charge in [-0.25, -0.2) is 14.2 Å². The molecule has 0 saturated heterocycles. The van der Waals surface area contributed by atoms with Crippen LogP contribution in [0.15, 0.2) is 46.0 Å². The first-order valence-corrected chi connectivity index (χ1v) is 6.58. The molecule has 108 valence electrons. The summed E-state index contributed by atoms with van der Waals surface area (Å²) in [5.41, 5.74) is -0.673. The second-order valence-electron chi connectivity index (χ2n) is 4.94. The van der Waals surface area contributed by atoms with Crippen LogP contribution in [-0.2, 0) is 9.53 Å². The van der Waals surface area contributed by atoms with Crippen molar-refractivity contribution in [3.63, 3.8) is 0 Å². The average Bonchev–Trinajstić information content (AvgIpc) is 2.51. The van der Waals surface area contributed by atoms with Gasteiger partial charge in [-0.2, -0.15) is 0 Å². The maximum absolute atomic E-state index is 12.7. The minimum atomic E-state index is -0.920. The first-order valence-electron chi connectivity index (χ1n) is 6.58. The summed E-state index contributed by atoms with van der Waals surface area (Å²) in [5.74, 6) is -0.580. The lowest BCUT2D eigenvalue weighted by molar-refractivity contribution is -0.143. The van der Waals surface area contributed by atoms with Crippen LogP contribution in [0.3, 0.4) is 0 Å². The summed E-state index contributed by atoms with van der Waals surface area (Å²) in [6.07, 6.45) is 3.31. The Labute approximate surface area is 119 Å². The SMILES string of the molecule is COC(=O)[C@H]1C=C[C@@H](C)n2c(=O)c3ccccc3c(=O)n21. The molecule has 2 heterocycles. The molecule has 0 aliphatic carbocycles. The van der Waals surface area contributed by atoms with Crippen LogP contribution < -0.4 is 11.1 Å². The van der Waals surface area contributed by atoms with Gasteiger partial charge in [-0.1, -0.05) is 24.3 Å². The number of rotatable bonds is 1. The Balaban J connectivity index is 2.46. The number of carbonyl (C=O) groups is 1. The van der Waals surface area contributed by atoms with Crippen molar-refractivity contribution in [3.05, 3.63) is 57.1 Å². The molecule has 1 aromatic carbocycles. The summed E-state index contributed by atoms with van der Waals surface area (Å²) < 4.78 is 7.22. The maximum Gasteiger partial charge on any atom is 0.334 e. The van der Waals surface area contributed by atoms with Crippen LogP contribution in [0.5, 0.6) is 0 Å². The Bertz CT molecular complexity index is 875. The minimum Gasteiger partial charge on any atom is -0.467 e. The van der Waals surface area contributed by atoms with Crippen molar-refractivity contribution in [2.45, 2.75) is 19.0 Å². The lowest BCUT2D eigenvalue weighted by Crippen LogP contribution is -2.45. The average molecular weight is 286 g/mol. The van der Waals surface area contributed by atoms with Gasteiger partial charge in [-0.05, 0) is 19.1 Å². The highest BCUT2D eigenvalue weighted by atomic mass is 16.5. The molecule has 6 heteroatoms. The third kappa shape index (κ3) is 1.83. The van der Waals surface area contributed by atoms with Crippen molar-refractivity contribution in [1.82, 2.24) is 9.36 Å². The molecule has 1 aromatic heterocycles. The number of carbonyl (C=O) groups excluding carboxylic acids is 1. The fourth-order valence-corrected chi connectivity index (χ4v) is 2.67. The number of esters is 1. The van der Waals surface area contributed by atoms with Crippen LogP contribution in [0.1, 0.15) is 19.0 Å². The molecule has 1 aliphatic rings. The molecule has 0 fully saturated rings. The van der Waals surface area contributed by atoms with Crippen LogP contribution in [0, 0.1) is 0 Å². The predicted molar refractivity (Wildman–Crippen MR) is 77.4 cm³/mol. The van der Waals surface area contributed by atoms with Crippen LogP contribution >= 0.6 is 0 Å². The number of hydrogen-bond donors (Lipinski definition) is 0. The second kappa shape index (κ2) is 4.73. The predicted octanol–water partition coefficient (Wildman–Crippen LogP) is 1.01. The van der Waals surface area contributed by atoms with Gasteiger partial charge >= 0.3 is 5.97 Å². The third-order valence-corrected chi connectivity index (χ3v) is 3.70. The van der Waals surface area contributed by atoms with Gasteiger partial charge in [0.25, 0.3) is 11.1 Å².